The van der Waals surface area contributed by atoms with E-state index in [1.807, 2.05) is 18.2 Å². The molecular formula is C20H14ClN. The van der Waals surface area contributed by atoms with Crippen LogP contribution in [0, 0.1) is 0 Å². The topological polar surface area (TPSA) is 4.93 Å². The van der Waals surface area contributed by atoms with Crippen molar-refractivity contribution < 1.29 is 0 Å². The Hall–Kier alpha value is -2.51. The van der Waals surface area contributed by atoms with Gasteiger partial charge in [0.15, 0.2) is 0 Å². The Bertz CT molecular complexity index is 921. The normalized spacial score (nSPS) is 11.0. The quantitative estimate of drug-likeness (QED) is 0.431. The van der Waals surface area contributed by atoms with Crippen molar-refractivity contribution >= 4 is 22.5 Å². The Morgan fingerprint density at radius 2 is 1.36 bits per heavy atom. The molecule has 4 rings (SSSR count). The summed E-state index contributed by atoms with van der Waals surface area (Å²) in [6.07, 6.45) is 0. The fraction of sp³-hybridized carbons (Fsp3) is 0. The van der Waals surface area contributed by atoms with E-state index in [-0.39, 0.29) is 0 Å². The van der Waals surface area contributed by atoms with Gasteiger partial charge in [-0.1, -0.05) is 60.1 Å². The number of aromatic nitrogens is 1. The van der Waals surface area contributed by atoms with Crippen molar-refractivity contribution in [3.63, 3.8) is 0 Å². The fourth-order valence-electron chi connectivity index (χ4n) is 2.84. The van der Waals surface area contributed by atoms with Crippen LogP contribution in [0.25, 0.3) is 27.8 Å². The first-order chi connectivity index (χ1) is 10.8. The van der Waals surface area contributed by atoms with Gasteiger partial charge in [-0.25, -0.2) is 0 Å². The monoisotopic (exact) mass is 303 g/mol. The second kappa shape index (κ2) is 5.36. The number of halogens is 1. The van der Waals surface area contributed by atoms with Crippen LogP contribution in [0.3, 0.4) is 0 Å². The molecule has 22 heavy (non-hydrogen) atoms. The molecule has 0 aliphatic rings. The lowest BCUT2D eigenvalue weighted by Crippen LogP contribution is -1.96. The molecule has 0 aliphatic heterocycles. The largest absolute Gasteiger partial charge is 0.309 e. The summed E-state index contributed by atoms with van der Waals surface area (Å²) >= 11 is 6.04. The molecule has 0 spiro atoms. The van der Waals surface area contributed by atoms with Crippen LogP contribution in [-0.4, -0.2) is 4.57 Å². The third-order valence-electron chi connectivity index (χ3n) is 3.87. The van der Waals surface area contributed by atoms with Gasteiger partial charge in [-0.2, -0.15) is 0 Å². The van der Waals surface area contributed by atoms with Gasteiger partial charge in [0.2, 0.25) is 0 Å². The van der Waals surface area contributed by atoms with E-state index in [4.69, 9.17) is 11.6 Å². The standard InChI is InChI=1S/C20H14ClN/c21-17-10-12-18(13-11-17)22-19-9-5-4-8-16(19)14-20(22)15-6-2-1-3-7-15/h1-14H. The molecule has 0 amide bonds. The van der Waals surface area contributed by atoms with Crippen molar-refractivity contribution in [1.82, 2.24) is 4.57 Å². The Labute approximate surface area is 134 Å². The number of rotatable bonds is 2. The highest BCUT2D eigenvalue weighted by atomic mass is 35.5. The van der Waals surface area contributed by atoms with Gasteiger partial charge >= 0.3 is 0 Å². The first kappa shape index (κ1) is 13.2. The summed E-state index contributed by atoms with van der Waals surface area (Å²) in [7, 11) is 0. The Morgan fingerprint density at radius 1 is 0.682 bits per heavy atom. The number of hydrogen-bond donors (Lipinski definition) is 0. The van der Waals surface area contributed by atoms with Crippen molar-refractivity contribution in [2.45, 2.75) is 0 Å². The first-order valence-corrected chi connectivity index (χ1v) is 7.62. The maximum absolute atomic E-state index is 6.04. The van der Waals surface area contributed by atoms with Crippen LogP contribution in [-0.2, 0) is 0 Å². The van der Waals surface area contributed by atoms with E-state index in [0.717, 1.165) is 10.7 Å². The molecule has 0 unspecified atom stereocenters. The molecule has 1 aromatic heterocycles. The average molecular weight is 304 g/mol. The highest BCUT2D eigenvalue weighted by Gasteiger charge is 2.11. The zero-order chi connectivity index (χ0) is 14.9. The van der Waals surface area contributed by atoms with Gasteiger partial charge in [0.25, 0.3) is 0 Å². The van der Waals surface area contributed by atoms with E-state index >= 15 is 0 Å². The smallest absolute Gasteiger partial charge is 0.0540 e. The van der Waals surface area contributed by atoms with Crippen molar-refractivity contribution in [3.05, 3.63) is 90.0 Å². The van der Waals surface area contributed by atoms with E-state index < -0.39 is 0 Å². The SMILES string of the molecule is Clc1ccc(-n2c(-c3ccccc3)cc3ccccc32)cc1. The van der Waals surface area contributed by atoms with Gasteiger partial charge in [0.05, 0.1) is 11.2 Å². The third-order valence-corrected chi connectivity index (χ3v) is 4.12. The highest BCUT2D eigenvalue weighted by molar-refractivity contribution is 6.30. The molecular weight excluding hydrogens is 290 g/mol. The number of para-hydroxylation sites is 1. The Morgan fingerprint density at radius 3 is 2.14 bits per heavy atom. The third kappa shape index (κ3) is 2.20. The molecule has 0 bridgehead atoms. The van der Waals surface area contributed by atoms with Gasteiger partial charge in [0.1, 0.15) is 0 Å². The molecule has 1 nitrogen and oxygen atoms in total. The minimum absolute atomic E-state index is 0.751. The van der Waals surface area contributed by atoms with E-state index in [0.29, 0.717) is 0 Å². The molecule has 0 saturated heterocycles. The second-order valence-corrected chi connectivity index (χ2v) is 5.70. The summed E-state index contributed by atoms with van der Waals surface area (Å²) in [5.74, 6) is 0. The molecule has 0 aliphatic carbocycles. The molecule has 0 saturated carbocycles. The first-order valence-electron chi connectivity index (χ1n) is 7.25. The predicted octanol–water partition coefficient (Wildman–Crippen LogP) is 5.95. The summed E-state index contributed by atoms with van der Waals surface area (Å²) in [6, 6.07) is 29.1. The summed E-state index contributed by atoms with van der Waals surface area (Å²) in [5, 5.41) is 1.98. The van der Waals surface area contributed by atoms with Crippen LogP contribution in [0.2, 0.25) is 5.02 Å². The lowest BCUT2D eigenvalue weighted by Gasteiger charge is -2.11. The average Bonchev–Trinajstić information content (AvgIpc) is 2.96. The fourth-order valence-corrected chi connectivity index (χ4v) is 2.97. The van der Waals surface area contributed by atoms with Gasteiger partial charge in [-0.05, 0) is 42.0 Å². The zero-order valence-electron chi connectivity index (χ0n) is 11.9. The van der Waals surface area contributed by atoms with Crippen molar-refractivity contribution in [1.29, 1.82) is 0 Å². The van der Waals surface area contributed by atoms with Gasteiger partial charge < -0.3 is 4.57 Å². The zero-order valence-corrected chi connectivity index (χ0v) is 12.7. The Balaban J connectivity index is 2.04. The molecule has 106 valence electrons. The molecule has 2 heteroatoms. The van der Waals surface area contributed by atoms with Crippen LogP contribution in [0.5, 0.6) is 0 Å². The number of nitrogens with zero attached hydrogens (tertiary/aromatic N) is 1. The van der Waals surface area contributed by atoms with Crippen molar-refractivity contribution in [2.24, 2.45) is 0 Å². The predicted molar refractivity (Wildman–Crippen MR) is 93.7 cm³/mol. The minimum Gasteiger partial charge on any atom is -0.309 e. The van der Waals surface area contributed by atoms with E-state index in [1.165, 1.54) is 22.2 Å². The van der Waals surface area contributed by atoms with Gasteiger partial charge in [-0.15, -0.1) is 0 Å². The van der Waals surface area contributed by atoms with Gasteiger partial charge in [0, 0.05) is 16.1 Å². The lowest BCUT2D eigenvalue weighted by molar-refractivity contribution is 1.13. The van der Waals surface area contributed by atoms with Crippen molar-refractivity contribution in [3.8, 4) is 16.9 Å². The summed E-state index contributed by atoms with van der Waals surface area (Å²) < 4.78 is 2.28. The van der Waals surface area contributed by atoms with Crippen LogP contribution in [0.15, 0.2) is 84.9 Å². The van der Waals surface area contributed by atoms with E-state index in [9.17, 15) is 0 Å². The van der Waals surface area contributed by atoms with Crippen LogP contribution >= 0.6 is 11.6 Å². The van der Waals surface area contributed by atoms with Gasteiger partial charge in [-0.3, -0.25) is 0 Å². The second-order valence-electron chi connectivity index (χ2n) is 5.27. The molecule has 4 aromatic rings. The maximum atomic E-state index is 6.04. The molecule has 0 fully saturated rings. The summed E-state index contributed by atoms with van der Waals surface area (Å²) in [5.41, 5.74) is 4.70. The molecule has 0 atom stereocenters. The van der Waals surface area contributed by atoms with E-state index in [2.05, 4.69) is 71.3 Å². The lowest BCUT2D eigenvalue weighted by atomic mass is 10.1. The summed E-state index contributed by atoms with van der Waals surface area (Å²) in [4.78, 5) is 0. The van der Waals surface area contributed by atoms with E-state index in [1.54, 1.807) is 0 Å². The highest BCUT2D eigenvalue weighted by Crippen LogP contribution is 2.31. The number of hydrogen-bond acceptors (Lipinski definition) is 0. The molecule has 1 heterocycles. The summed E-state index contributed by atoms with van der Waals surface area (Å²) in [6.45, 7) is 0. The Kier molecular flexibility index (Phi) is 3.21. The number of benzene rings is 3. The number of fused-ring (bicyclic) bond motifs is 1. The molecule has 0 N–H and O–H groups in total. The van der Waals surface area contributed by atoms with Crippen LogP contribution < -0.4 is 0 Å². The minimum atomic E-state index is 0.751. The van der Waals surface area contributed by atoms with Crippen LogP contribution in [0.1, 0.15) is 0 Å². The maximum Gasteiger partial charge on any atom is 0.0540 e. The molecule has 3 aromatic carbocycles. The van der Waals surface area contributed by atoms with Crippen LogP contribution in [0.4, 0.5) is 0 Å². The van der Waals surface area contributed by atoms with Crippen molar-refractivity contribution in [2.75, 3.05) is 0 Å². The molecule has 0 radical (unpaired) electrons.